The molecule has 3 aromatic rings. The number of ether oxygens (including phenoxy) is 1. The molecule has 3 aromatic heterocycles. The number of carbonyl (C=O) groups excluding carboxylic acids is 2. The molecule has 10 heteroatoms. The molecule has 5 rings (SSSR count). The number of hydrogen-bond donors (Lipinski definition) is 1. The summed E-state index contributed by atoms with van der Waals surface area (Å²) in [4.78, 5) is 41.3. The summed E-state index contributed by atoms with van der Waals surface area (Å²) < 4.78 is 13.9. The van der Waals surface area contributed by atoms with E-state index in [2.05, 4.69) is 10.4 Å². The van der Waals surface area contributed by atoms with Crippen molar-refractivity contribution in [2.24, 2.45) is 0 Å². The molecule has 180 valence electrons. The molecule has 2 aliphatic rings. The van der Waals surface area contributed by atoms with Gasteiger partial charge in [0, 0.05) is 24.6 Å². The minimum Gasteiger partial charge on any atom is -0.467 e. The molecule has 0 radical (unpaired) electrons. The van der Waals surface area contributed by atoms with Crippen LogP contribution in [0.1, 0.15) is 61.1 Å². The number of nitrogens with one attached hydrogen (secondary N) is 1. The third-order valence-electron chi connectivity index (χ3n) is 6.36. The smallest absolute Gasteiger partial charge is 0.280 e. The summed E-state index contributed by atoms with van der Waals surface area (Å²) in [6, 6.07) is 5.32. The van der Waals surface area contributed by atoms with E-state index >= 15 is 0 Å². The van der Waals surface area contributed by atoms with Crippen LogP contribution in [0.15, 0.2) is 33.7 Å². The molecule has 1 unspecified atom stereocenters. The number of amides is 2. The summed E-state index contributed by atoms with van der Waals surface area (Å²) in [6.45, 7) is 7.40. The standard InChI is InChI=1S/C24H29N5O5/c1-24(2,3)18-10-20-28(14-19(30)25-11-15-6-4-8-33-15)21-17(22(31)29(20)26-18)13-27(23(21)32)12-16-7-5-9-34-16/h5,7,9-10,15H,4,6,8,11-14H2,1-3H3,(H,25,30). The molecule has 5 heterocycles. The van der Waals surface area contributed by atoms with E-state index in [-0.39, 0.29) is 54.2 Å². The van der Waals surface area contributed by atoms with Crippen molar-refractivity contribution in [3.05, 3.63) is 57.5 Å². The summed E-state index contributed by atoms with van der Waals surface area (Å²) in [6.07, 6.45) is 3.45. The Morgan fingerprint density at radius 3 is 2.79 bits per heavy atom. The van der Waals surface area contributed by atoms with Gasteiger partial charge in [-0.15, -0.1) is 0 Å². The van der Waals surface area contributed by atoms with Gasteiger partial charge in [0.25, 0.3) is 11.5 Å². The third-order valence-corrected chi connectivity index (χ3v) is 6.36. The van der Waals surface area contributed by atoms with Crippen LogP contribution in [-0.4, -0.2) is 50.2 Å². The van der Waals surface area contributed by atoms with Gasteiger partial charge in [0.05, 0.1) is 36.7 Å². The first-order chi connectivity index (χ1) is 16.2. The second kappa shape index (κ2) is 8.43. The Morgan fingerprint density at radius 1 is 1.29 bits per heavy atom. The second-order valence-corrected chi connectivity index (χ2v) is 9.95. The molecule has 1 saturated heterocycles. The van der Waals surface area contributed by atoms with Crippen molar-refractivity contribution in [1.29, 1.82) is 0 Å². The van der Waals surface area contributed by atoms with Crippen LogP contribution in [0, 0.1) is 0 Å². The van der Waals surface area contributed by atoms with Crippen LogP contribution < -0.4 is 10.9 Å². The molecular formula is C24H29N5O5. The highest BCUT2D eigenvalue weighted by molar-refractivity contribution is 5.97. The van der Waals surface area contributed by atoms with E-state index in [1.165, 1.54) is 4.52 Å². The quantitative estimate of drug-likeness (QED) is 0.592. The lowest BCUT2D eigenvalue weighted by atomic mass is 9.93. The predicted molar refractivity (Wildman–Crippen MR) is 122 cm³/mol. The Bertz CT molecular complexity index is 1290. The largest absolute Gasteiger partial charge is 0.467 e. The zero-order chi connectivity index (χ0) is 24.0. The highest BCUT2D eigenvalue weighted by Crippen LogP contribution is 2.27. The Labute approximate surface area is 196 Å². The first-order valence-corrected chi connectivity index (χ1v) is 11.6. The van der Waals surface area contributed by atoms with Crippen LogP contribution in [0.5, 0.6) is 0 Å². The van der Waals surface area contributed by atoms with Crippen molar-refractivity contribution < 1.29 is 18.7 Å². The van der Waals surface area contributed by atoms with E-state index in [1.807, 2.05) is 20.8 Å². The number of fused-ring (bicyclic) bond motifs is 2. The van der Waals surface area contributed by atoms with Crippen molar-refractivity contribution in [3.63, 3.8) is 0 Å². The van der Waals surface area contributed by atoms with E-state index in [0.717, 1.165) is 12.8 Å². The van der Waals surface area contributed by atoms with Gasteiger partial charge in [-0.3, -0.25) is 14.4 Å². The fourth-order valence-corrected chi connectivity index (χ4v) is 4.50. The van der Waals surface area contributed by atoms with Gasteiger partial charge in [-0.05, 0) is 25.0 Å². The Morgan fingerprint density at radius 2 is 2.12 bits per heavy atom. The van der Waals surface area contributed by atoms with E-state index in [0.29, 0.717) is 35.8 Å². The maximum atomic E-state index is 13.4. The number of hydrogen-bond acceptors (Lipinski definition) is 6. The van der Waals surface area contributed by atoms with Gasteiger partial charge in [-0.1, -0.05) is 20.8 Å². The normalized spacial score (nSPS) is 18.1. The van der Waals surface area contributed by atoms with Crippen LogP contribution in [0.4, 0.5) is 0 Å². The van der Waals surface area contributed by atoms with Crippen molar-refractivity contribution in [2.75, 3.05) is 13.2 Å². The highest BCUT2D eigenvalue weighted by atomic mass is 16.5. The first-order valence-electron chi connectivity index (χ1n) is 11.6. The van der Waals surface area contributed by atoms with Crippen molar-refractivity contribution in [1.82, 2.24) is 24.4 Å². The summed E-state index contributed by atoms with van der Waals surface area (Å²) in [5.74, 6) is 0.0599. The summed E-state index contributed by atoms with van der Waals surface area (Å²) in [7, 11) is 0. The maximum absolute atomic E-state index is 13.4. The topological polar surface area (TPSA) is 111 Å². The molecule has 2 amide bonds. The number of nitrogens with zero attached hydrogens (tertiary/aromatic N) is 4. The van der Waals surface area contributed by atoms with Crippen LogP contribution in [0.25, 0.3) is 5.65 Å². The van der Waals surface area contributed by atoms with E-state index < -0.39 is 0 Å². The molecule has 2 aliphatic heterocycles. The molecule has 0 bridgehead atoms. The van der Waals surface area contributed by atoms with Crippen LogP contribution in [0.3, 0.4) is 0 Å². The number of furan rings is 1. The summed E-state index contributed by atoms with van der Waals surface area (Å²) in [5, 5.41) is 7.46. The Kier molecular flexibility index (Phi) is 5.55. The second-order valence-electron chi connectivity index (χ2n) is 9.95. The molecule has 10 nitrogen and oxygen atoms in total. The van der Waals surface area contributed by atoms with Gasteiger partial charge >= 0.3 is 0 Å². The van der Waals surface area contributed by atoms with Gasteiger partial charge in [-0.25, -0.2) is 0 Å². The van der Waals surface area contributed by atoms with Crippen LogP contribution >= 0.6 is 0 Å². The van der Waals surface area contributed by atoms with Gasteiger partial charge in [-0.2, -0.15) is 9.61 Å². The number of aromatic nitrogens is 3. The lowest BCUT2D eigenvalue weighted by Gasteiger charge is -2.16. The average Bonchev–Trinajstić information content (AvgIpc) is 3.57. The Hall–Kier alpha value is -3.40. The fraction of sp³-hybridized carbons (Fsp3) is 0.500. The average molecular weight is 468 g/mol. The zero-order valence-corrected chi connectivity index (χ0v) is 19.7. The molecular weight excluding hydrogens is 438 g/mol. The SMILES string of the molecule is CC(C)(C)c1cc2n(CC(=O)NCC3CCCO3)c3c(c(=O)n2n1)CN(Cc1ccco1)C3=O. The molecule has 0 aliphatic carbocycles. The minimum atomic E-state index is -0.341. The van der Waals surface area contributed by atoms with Gasteiger partial charge in [0.15, 0.2) is 0 Å². The zero-order valence-electron chi connectivity index (χ0n) is 19.7. The molecule has 1 atom stereocenters. The molecule has 0 aromatic carbocycles. The van der Waals surface area contributed by atoms with E-state index in [4.69, 9.17) is 9.15 Å². The predicted octanol–water partition coefficient (Wildman–Crippen LogP) is 1.84. The molecule has 1 fully saturated rings. The van der Waals surface area contributed by atoms with Crippen molar-refractivity contribution in [2.45, 2.75) is 64.8 Å². The number of carbonyl (C=O) groups is 2. The highest BCUT2D eigenvalue weighted by Gasteiger charge is 2.36. The molecule has 0 saturated carbocycles. The molecule has 0 spiro atoms. The molecule has 1 N–H and O–H groups in total. The maximum Gasteiger partial charge on any atom is 0.280 e. The van der Waals surface area contributed by atoms with Crippen LogP contribution in [0.2, 0.25) is 0 Å². The fourth-order valence-electron chi connectivity index (χ4n) is 4.50. The minimum absolute atomic E-state index is 0.0107. The summed E-state index contributed by atoms with van der Waals surface area (Å²) >= 11 is 0. The van der Waals surface area contributed by atoms with Crippen molar-refractivity contribution >= 4 is 17.5 Å². The van der Waals surface area contributed by atoms with Crippen molar-refractivity contribution in [3.8, 4) is 0 Å². The molecule has 34 heavy (non-hydrogen) atoms. The summed E-state index contributed by atoms with van der Waals surface area (Å²) in [5.41, 5.74) is 1.05. The van der Waals surface area contributed by atoms with Crippen LogP contribution in [-0.2, 0) is 34.6 Å². The van der Waals surface area contributed by atoms with Gasteiger partial charge in [0.1, 0.15) is 23.6 Å². The van der Waals surface area contributed by atoms with Gasteiger partial charge in [0.2, 0.25) is 5.91 Å². The Balaban J connectivity index is 1.53. The lowest BCUT2D eigenvalue weighted by Crippen LogP contribution is -2.36. The van der Waals surface area contributed by atoms with E-state index in [9.17, 15) is 14.4 Å². The lowest BCUT2D eigenvalue weighted by molar-refractivity contribution is -0.122. The monoisotopic (exact) mass is 467 g/mol. The van der Waals surface area contributed by atoms with E-state index in [1.54, 1.807) is 33.9 Å². The third kappa shape index (κ3) is 4.02. The number of rotatable bonds is 6. The van der Waals surface area contributed by atoms with Gasteiger partial charge < -0.3 is 23.9 Å². The first kappa shape index (κ1) is 22.4.